The maximum Gasteiger partial charge on any atom is 0.272 e. The zero-order valence-electron chi connectivity index (χ0n) is 14.4. The summed E-state index contributed by atoms with van der Waals surface area (Å²) < 4.78 is 0. The molecule has 3 rings (SSSR count). The largest absolute Gasteiger partial charge is 0.380 e. The van der Waals surface area contributed by atoms with Gasteiger partial charge in [-0.2, -0.15) is 0 Å². The number of benzene rings is 1. The molecule has 1 aromatic heterocycles. The third-order valence-electron chi connectivity index (χ3n) is 4.34. The highest BCUT2D eigenvalue weighted by Gasteiger charge is 2.22. The van der Waals surface area contributed by atoms with Crippen LogP contribution in [-0.2, 0) is 6.54 Å². The molecular weight excluding hydrogens is 312 g/mol. The molecule has 2 heterocycles. The lowest BCUT2D eigenvalue weighted by Crippen LogP contribution is -2.48. The Kier molecular flexibility index (Phi) is 5.80. The molecule has 2 aromatic rings. The van der Waals surface area contributed by atoms with Gasteiger partial charge in [0.2, 0.25) is 0 Å². The van der Waals surface area contributed by atoms with Gasteiger partial charge < -0.3 is 10.2 Å². The Morgan fingerprint density at radius 2 is 1.88 bits per heavy atom. The predicted molar refractivity (Wildman–Crippen MR) is 101 cm³/mol. The van der Waals surface area contributed by atoms with Crippen molar-refractivity contribution in [2.24, 2.45) is 0 Å². The fourth-order valence-electron chi connectivity index (χ4n) is 2.93. The van der Waals surface area contributed by atoms with Crippen LogP contribution in [-0.4, -0.2) is 53.4 Å². The topological polar surface area (TPSA) is 48.5 Å². The number of amides is 1. The lowest BCUT2D eigenvalue weighted by molar-refractivity contribution is 0.0623. The third-order valence-corrected chi connectivity index (χ3v) is 4.34. The number of pyridine rings is 1. The lowest BCUT2D eigenvalue weighted by Gasteiger charge is -2.34. The van der Waals surface area contributed by atoms with Crippen LogP contribution in [0.1, 0.15) is 16.1 Å². The van der Waals surface area contributed by atoms with Crippen LogP contribution in [0.3, 0.4) is 0 Å². The molecule has 1 aromatic carbocycles. The van der Waals surface area contributed by atoms with Gasteiger partial charge in [-0.1, -0.05) is 36.4 Å². The van der Waals surface area contributed by atoms with Crippen molar-refractivity contribution in [2.45, 2.75) is 6.54 Å². The van der Waals surface area contributed by atoms with Crippen molar-refractivity contribution in [1.29, 1.82) is 0 Å². The summed E-state index contributed by atoms with van der Waals surface area (Å²) in [6.45, 7) is 8.54. The van der Waals surface area contributed by atoms with E-state index in [1.54, 1.807) is 18.3 Å². The number of carbonyl (C=O) groups excluding carboxylic acids is 1. The molecule has 1 amide bonds. The monoisotopic (exact) mass is 336 g/mol. The Labute approximate surface area is 149 Å². The third kappa shape index (κ3) is 4.67. The van der Waals surface area contributed by atoms with Gasteiger partial charge in [-0.15, -0.1) is 6.58 Å². The van der Waals surface area contributed by atoms with Gasteiger partial charge in [0.05, 0.1) is 11.9 Å². The molecule has 5 nitrogen and oxygen atoms in total. The van der Waals surface area contributed by atoms with Crippen LogP contribution in [0.25, 0.3) is 0 Å². The van der Waals surface area contributed by atoms with Gasteiger partial charge in [0, 0.05) is 39.3 Å². The van der Waals surface area contributed by atoms with E-state index >= 15 is 0 Å². The second-order valence-electron chi connectivity index (χ2n) is 6.16. The van der Waals surface area contributed by atoms with E-state index in [0.29, 0.717) is 12.2 Å². The molecule has 1 saturated heterocycles. The van der Waals surface area contributed by atoms with Crippen LogP contribution in [0.15, 0.2) is 61.3 Å². The Morgan fingerprint density at radius 3 is 2.52 bits per heavy atom. The molecule has 0 radical (unpaired) electrons. The first-order valence-corrected chi connectivity index (χ1v) is 8.62. The van der Waals surface area contributed by atoms with Crippen LogP contribution in [0.4, 0.5) is 5.69 Å². The van der Waals surface area contributed by atoms with E-state index in [4.69, 9.17) is 0 Å². The summed E-state index contributed by atoms with van der Waals surface area (Å²) >= 11 is 0. The summed E-state index contributed by atoms with van der Waals surface area (Å²) in [4.78, 5) is 21.2. The number of rotatable bonds is 6. The van der Waals surface area contributed by atoms with Crippen molar-refractivity contribution < 1.29 is 4.79 Å². The van der Waals surface area contributed by atoms with E-state index in [1.165, 1.54) is 5.56 Å². The maximum atomic E-state index is 12.6. The van der Waals surface area contributed by atoms with Crippen LogP contribution < -0.4 is 5.32 Å². The first-order chi connectivity index (χ1) is 12.3. The SMILES string of the molecule is C=CCNc1ccc(C(=O)N2CCN(Cc3ccccc3)CC2)nc1. The van der Waals surface area contributed by atoms with Crippen molar-refractivity contribution in [1.82, 2.24) is 14.8 Å². The molecule has 0 aliphatic carbocycles. The summed E-state index contributed by atoms with van der Waals surface area (Å²) in [5.41, 5.74) is 2.70. The number of nitrogens with one attached hydrogen (secondary N) is 1. The highest BCUT2D eigenvalue weighted by molar-refractivity contribution is 5.92. The van der Waals surface area contributed by atoms with Gasteiger partial charge in [0.25, 0.3) is 5.91 Å². The minimum absolute atomic E-state index is 0.00892. The molecule has 130 valence electrons. The van der Waals surface area contributed by atoms with Crippen LogP contribution in [0.2, 0.25) is 0 Å². The summed E-state index contributed by atoms with van der Waals surface area (Å²) in [7, 11) is 0. The van der Waals surface area contributed by atoms with Gasteiger partial charge in [-0.05, 0) is 17.7 Å². The van der Waals surface area contributed by atoms with E-state index in [-0.39, 0.29) is 5.91 Å². The molecule has 25 heavy (non-hydrogen) atoms. The molecule has 0 spiro atoms. The molecule has 0 saturated carbocycles. The van der Waals surface area contributed by atoms with Gasteiger partial charge in [0.15, 0.2) is 0 Å². The van der Waals surface area contributed by atoms with E-state index in [9.17, 15) is 4.79 Å². The van der Waals surface area contributed by atoms with Crippen molar-refractivity contribution in [3.05, 3.63) is 72.6 Å². The molecule has 1 fully saturated rings. The van der Waals surface area contributed by atoms with E-state index in [1.807, 2.05) is 17.0 Å². The van der Waals surface area contributed by atoms with E-state index in [2.05, 4.69) is 46.0 Å². The summed E-state index contributed by atoms with van der Waals surface area (Å²) in [6.07, 6.45) is 3.48. The molecular formula is C20H24N4O. The van der Waals surface area contributed by atoms with Gasteiger partial charge in [-0.25, -0.2) is 4.98 Å². The van der Waals surface area contributed by atoms with Crippen molar-refractivity contribution in [3.8, 4) is 0 Å². The summed E-state index contributed by atoms with van der Waals surface area (Å²) in [5, 5.41) is 3.16. The fraction of sp³-hybridized carbons (Fsp3) is 0.300. The standard InChI is InChI=1S/C20H24N4O/c1-2-10-21-18-8-9-19(22-15-18)20(25)24-13-11-23(12-14-24)16-17-6-4-3-5-7-17/h2-9,15,21H,1,10-14,16H2. The molecule has 1 aliphatic rings. The second-order valence-corrected chi connectivity index (χ2v) is 6.16. The number of nitrogens with zero attached hydrogens (tertiary/aromatic N) is 3. The predicted octanol–water partition coefficient (Wildman–Crippen LogP) is 2.64. The van der Waals surface area contributed by atoms with Gasteiger partial charge in [0.1, 0.15) is 5.69 Å². The average Bonchev–Trinajstić information content (AvgIpc) is 2.68. The first-order valence-electron chi connectivity index (χ1n) is 8.62. The quantitative estimate of drug-likeness (QED) is 0.824. The van der Waals surface area contributed by atoms with Crippen LogP contribution >= 0.6 is 0 Å². The minimum Gasteiger partial charge on any atom is -0.380 e. The van der Waals surface area contributed by atoms with Crippen molar-refractivity contribution in [2.75, 3.05) is 38.0 Å². The number of anilines is 1. The Balaban J connectivity index is 1.51. The second kappa shape index (κ2) is 8.44. The number of aromatic nitrogens is 1. The van der Waals surface area contributed by atoms with Crippen molar-refractivity contribution >= 4 is 11.6 Å². The van der Waals surface area contributed by atoms with E-state index in [0.717, 1.165) is 38.4 Å². The maximum absolute atomic E-state index is 12.6. The fourth-order valence-corrected chi connectivity index (χ4v) is 2.93. The number of carbonyl (C=O) groups is 1. The van der Waals surface area contributed by atoms with Crippen molar-refractivity contribution in [3.63, 3.8) is 0 Å². The van der Waals surface area contributed by atoms with E-state index < -0.39 is 0 Å². The van der Waals surface area contributed by atoms with Gasteiger partial charge >= 0.3 is 0 Å². The van der Waals surface area contributed by atoms with Crippen LogP contribution in [0.5, 0.6) is 0 Å². The first kappa shape index (κ1) is 17.2. The number of piperazine rings is 1. The lowest BCUT2D eigenvalue weighted by atomic mass is 10.2. The zero-order valence-corrected chi connectivity index (χ0v) is 14.4. The molecule has 0 bridgehead atoms. The highest BCUT2D eigenvalue weighted by atomic mass is 16.2. The molecule has 0 atom stereocenters. The molecule has 5 heteroatoms. The smallest absolute Gasteiger partial charge is 0.272 e. The normalized spacial score (nSPS) is 15.0. The molecule has 1 N–H and O–H groups in total. The molecule has 1 aliphatic heterocycles. The van der Waals surface area contributed by atoms with Gasteiger partial charge in [-0.3, -0.25) is 9.69 Å². The molecule has 0 unspecified atom stereocenters. The zero-order chi connectivity index (χ0) is 17.5. The summed E-state index contributed by atoms with van der Waals surface area (Å²) in [6, 6.07) is 14.1. The Hall–Kier alpha value is -2.66. The average molecular weight is 336 g/mol. The number of hydrogen-bond acceptors (Lipinski definition) is 4. The Morgan fingerprint density at radius 1 is 1.12 bits per heavy atom. The number of hydrogen-bond donors (Lipinski definition) is 1. The highest BCUT2D eigenvalue weighted by Crippen LogP contribution is 2.12. The summed E-state index contributed by atoms with van der Waals surface area (Å²) in [5.74, 6) is 0.00892. The Bertz CT molecular complexity index is 691. The van der Waals surface area contributed by atoms with Crippen LogP contribution in [0, 0.1) is 0 Å². The minimum atomic E-state index is 0.00892.